The lowest BCUT2D eigenvalue weighted by atomic mass is 9.81. The molecule has 0 amide bonds. The van der Waals surface area contributed by atoms with Gasteiger partial charge in [0.1, 0.15) is 0 Å². The Bertz CT molecular complexity index is 361. The van der Waals surface area contributed by atoms with E-state index in [1.165, 1.54) is 6.07 Å². The standard InChI is InChI=1S/C13H19F2N/c1-4-9(2)13(3,16)8-10-6-5-7-11(14)12(10)15/h5-7,9H,4,8,16H2,1-3H3. The molecule has 0 spiro atoms. The van der Waals surface area contributed by atoms with Gasteiger partial charge in [0.25, 0.3) is 0 Å². The number of halogens is 2. The summed E-state index contributed by atoms with van der Waals surface area (Å²) in [5.74, 6) is -1.32. The van der Waals surface area contributed by atoms with E-state index in [-0.39, 0.29) is 5.92 Å². The first-order chi connectivity index (χ1) is 7.38. The molecule has 16 heavy (non-hydrogen) atoms. The zero-order chi connectivity index (χ0) is 12.3. The van der Waals surface area contributed by atoms with Crippen LogP contribution in [-0.2, 0) is 6.42 Å². The van der Waals surface area contributed by atoms with Crippen LogP contribution in [0.5, 0.6) is 0 Å². The second-order valence-corrected chi connectivity index (χ2v) is 4.70. The molecule has 0 fully saturated rings. The molecule has 1 aromatic carbocycles. The van der Waals surface area contributed by atoms with Crippen LogP contribution in [0.3, 0.4) is 0 Å². The van der Waals surface area contributed by atoms with Crippen molar-refractivity contribution in [2.75, 3.05) is 0 Å². The Morgan fingerprint density at radius 1 is 1.38 bits per heavy atom. The molecule has 1 aromatic rings. The summed E-state index contributed by atoms with van der Waals surface area (Å²) in [6.07, 6.45) is 1.27. The van der Waals surface area contributed by atoms with E-state index in [1.807, 2.05) is 20.8 Å². The molecule has 2 unspecified atom stereocenters. The first-order valence-corrected chi connectivity index (χ1v) is 5.60. The number of hydrogen-bond donors (Lipinski definition) is 1. The highest BCUT2D eigenvalue weighted by molar-refractivity contribution is 5.21. The lowest BCUT2D eigenvalue weighted by Crippen LogP contribution is -2.45. The highest BCUT2D eigenvalue weighted by Crippen LogP contribution is 2.24. The van der Waals surface area contributed by atoms with Gasteiger partial charge in [-0.25, -0.2) is 8.78 Å². The van der Waals surface area contributed by atoms with Crippen LogP contribution in [0.15, 0.2) is 18.2 Å². The normalized spacial score (nSPS) is 16.9. The summed E-state index contributed by atoms with van der Waals surface area (Å²) in [6, 6.07) is 4.22. The van der Waals surface area contributed by atoms with Gasteiger partial charge in [-0.3, -0.25) is 0 Å². The lowest BCUT2D eigenvalue weighted by Gasteiger charge is -2.31. The number of benzene rings is 1. The SMILES string of the molecule is CCC(C)C(C)(N)Cc1cccc(F)c1F. The monoisotopic (exact) mass is 227 g/mol. The van der Waals surface area contributed by atoms with E-state index in [0.29, 0.717) is 12.0 Å². The lowest BCUT2D eigenvalue weighted by molar-refractivity contribution is 0.302. The molecule has 0 radical (unpaired) electrons. The molecule has 3 heteroatoms. The van der Waals surface area contributed by atoms with E-state index in [0.717, 1.165) is 12.5 Å². The molecule has 0 aromatic heterocycles. The van der Waals surface area contributed by atoms with Crippen LogP contribution >= 0.6 is 0 Å². The number of hydrogen-bond acceptors (Lipinski definition) is 1. The molecular formula is C13H19F2N. The number of rotatable bonds is 4. The molecule has 0 heterocycles. The van der Waals surface area contributed by atoms with Crippen LogP contribution in [0.25, 0.3) is 0 Å². The molecule has 0 aliphatic heterocycles. The van der Waals surface area contributed by atoms with Gasteiger partial charge in [-0.2, -0.15) is 0 Å². The topological polar surface area (TPSA) is 26.0 Å². The maximum Gasteiger partial charge on any atom is 0.162 e. The highest BCUT2D eigenvalue weighted by atomic mass is 19.2. The molecule has 1 nitrogen and oxygen atoms in total. The quantitative estimate of drug-likeness (QED) is 0.839. The Hall–Kier alpha value is -0.960. The van der Waals surface area contributed by atoms with Gasteiger partial charge in [-0.15, -0.1) is 0 Å². The van der Waals surface area contributed by atoms with Crippen molar-refractivity contribution < 1.29 is 8.78 Å². The third kappa shape index (κ3) is 2.79. The Morgan fingerprint density at radius 2 is 2.00 bits per heavy atom. The van der Waals surface area contributed by atoms with E-state index in [2.05, 4.69) is 0 Å². The van der Waals surface area contributed by atoms with E-state index in [1.54, 1.807) is 6.07 Å². The summed E-state index contributed by atoms with van der Waals surface area (Å²) < 4.78 is 26.5. The van der Waals surface area contributed by atoms with Crippen molar-refractivity contribution in [1.82, 2.24) is 0 Å². The van der Waals surface area contributed by atoms with Crippen LogP contribution in [-0.4, -0.2) is 5.54 Å². The van der Waals surface area contributed by atoms with Crippen LogP contribution in [0.2, 0.25) is 0 Å². The van der Waals surface area contributed by atoms with Crippen molar-refractivity contribution in [1.29, 1.82) is 0 Å². The summed E-state index contributed by atoms with van der Waals surface area (Å²) in [4.78, 5) is 0. The van der Waals surface area contributed by atoms with Crippen molar-refractivity contribution in [3.8, 4) is 0 Å². The molecular weight excluding hydrogens is 208 g/mol. The third-order valence-corrected chi connectivity index (χ3v) is 3.34. The minimum absolute atomic E-state index is 0.259. The summed E-state index contributed by atoms with van der Waals surface area (Å²) in [7, 11) is 0. The maximum atomic E-state index is 13.5. The summed E-state index contributed by atoms with van der Waals surface area (Å²) in [5.41, 5.74) is 5.97. The van der Waals surface area contributed by atoms with Gasteiger partial charge in [-0.1, -0.05) is 32.4 Å². The van der Waals surface area contributed by atoms with E-state index < -0.39 is 17.2 Å². The molecule has 0 bridgehead atoms. The number of nitrogens with two attached hydrogens (primary N) is 1. The highest BCUT2D eigenvalue weighted by Gasteiger charge is 2.27. The molecule has 2 N–H and O–H groups in total. The predicted octanol–water partition coefficient (Wildman–Crippen LogP) is 3.27. The molecule has 0 saturated heterocycles. The molecule has 2 atom stereocenters. The Morgan fingerprint density at radius 3 is 2.56 bits per heavy atom. The molecule has 0 saturated carbocycles. The summed E-state index contributed by atoms with van der Waals surface area (Å²) in [6.45, 7) is 5.94. The van der Waals surface area contributed by atoms with Gasteiger partial charge in [0.2, 0.25) is 0 Å². The minimum Gasteiger partial charge on any atom is -0.325 e. The zero-order valence-corrected chi connectivity index (χ0v) is 10.1. The minimum atomic E-state index is -0.808. The molecule has 90 valence electrons. The van der Waals surface area contributed by atoms with Gasteiger partial charge in [0.15, 0.2) is 11.6 Å². The van der Waals surface area contributed by atoms with Crippen LogP contribution in [0.4, 0.5) is 8.78 Å². The van der Waals surface area contributed by atoms with Gasteiger partial charge in [0.05, 0.1) is 0 Å². The fourth-order valence-corrected chi connectivity index (χ4v) is 1.74. The first-order valence-electron chi connectivity index (χ1n) is 5.60. The Labute approximate surface area is 95.7 Å². The van der Waals surface area contributed by atoms with Crippen LogP contribution in [0, 0.1) is 17.6 Å². The predicted molar refractivity (Wildman–Crippen MR) is 62.1 cm³/mol. The second-order valence-electron chi connectivity index (χ2n) is 4.70. The zero-order valence-electron chi connectivity index (χ0n) is 10.1. The van der Waals surface area contributed by atoms with Crippen molar-refractivity contribution in [2.24, 2.45) is 11.7 Å². The molecule has 0 aliphatic rings. The second kappa shape index (κ2) is 4.91. The fourth-order valence-electron chi connectivity index (χ4n) is 1.74. The fraction of sp³-hybridized carbons (Fsp3) is 0.538. The van der Waals surface area contributed by atoms with Crippen LogP contribution < -0.4 is 5.73 Å². The van der Waals surface area contributed by atoms with Gasteiger partial charge in [0, 0.05) is 5.54 Å². The van der Waals surface area contributed by atoms with Gasteiger partial charge in [-0.05, 0) is 30.9 Å². The largest absolute Gasteiger partial charge is 0.325 e. The van der Waals surface area contributed by atoms with Crippen molar-refractivity contribution in [3.05, 3.63) is 35.4 Å². The average Bonchev–Trinajstić information content (AvgIpc) is 2.23. The first kappa shape index (κ1) is 13.1. The molecule has 1 rings (SSSR count). The third-order valence-electron chi connectivity index (χ3n) is 3.34. The summed E-state index contributed by atoms with van der Waals surface area (Å²) >= 11 is 0. The summed E-state index contributed by atoms with van der Waals surface area (Å²) in [5, 5.41) is 0. The Kier molecular flexibility index (Phi) is 4.03. The molecule has 0 aliphatic carbocycles. The Balaban J connectivity index is 2.92. The average molecular weight is 227 g/mol. The smallest absolute Gasteiger partial charge is 0.162 e. The van der Waals surface area contributed by atoms with Gasteiger partial charge < -0.3 is 5.73 Å². The van der Waals surface area contributed by atoms with Crippen molar-refractivity contribution in [3.63, 3.8) is 0 Å². The van der Waals surface area contributed by atoms with Crippen molar-refractivity contribution in [2.45, 2.75) is 39.2 Å². The van der Waals surface area contributed by atoms with E-state index in [9.17, 15) is 8.78 Å². The van der Waals surface area contributed by atoms with E-state index >= 15 is 0 Å². The van der Waals surface area contributed by atoms with Crippen LogP contribution in [0.1, 0.15) is 32.8 Å². The maximum absolute atomic E-state index is 13.5. The van der Waals surface area contributed by atoms with Gasteiger partial charge >= 0.3 is 0 Å². The van der Waals surface area contributed by atoms with Crippen molar-refractivity contribution >= 4 is 0 Å². The van der Waals surface area contributed by atoms with E-state index in [4.69, 9.17) is 5.73 Å².